The number of carbonyl (C=O) groups excluding carboxylic acids is 2. The largest absolute Gasteiger partial charge is 0.389 e. The highest BCUT2D eigenvalue weighted by atomic mass is 16.6. The predicted octanol–water partition coefficient (Wildman–Crippen LogP) is 1.78. The van der Waals surface area contributed by atoms with Crippen LogP contribution in [0.2, 0.25) is 0 Å². The van der Waals surface area contributed by atoms with Crippen molar-refractivity contribution >= 4 is 29.0 Å². The van der Waals surface area contributed by atoms with E-state index in [1.165, 1.54) is 23.9 Å². The van der Waals surface area contributed by atoms with Gasteiger partial charge in [-0.05, 0) is 29.2 Å². The molecule has 0 saturated heterocycles. The first-order valence-corrected chi connectivity index (χ1v) is 6.79. The summed E-state index contributed by atoms with van der Waals surface area (Å²) < 4.78 is 1.34. The number of hydrogen-bond acceptors (Lipinski definition) is 5. The zero-order chi connectivity index (χ0) is 16.8. The first-order chi connectivity index (χ1) is 10.9. The monoisotopic (exact) mass is 317 g/mol. The average Bonchev–Trinajstić information content (AvgIpc) is 2.96. The average molecular weight is 317 g/mol. The van der Waals surface area contributed by atoms with Crippen molar-refractivity contribution in [1.29, 1.82) is 0 Å². The quantitative estimate of drug-likeness (QED) is 0.621. The molecule has 2 N–H and O–H groups in total. The first kappa shape index (κ1) is 16.1. The van der Waals surface area contributed by atoms with Crippen LogP contribution in [0.5, 0.6) is 0 Å². The van der Waals surface area contributed by atoms with Crippen molar-refractivity contribution in [1.82, 2.24) is 9.78 Å². The Labute approximate surface area is 131 Å². The van der Waals surface area contributed by atoms with Gasteiger partial charge in [0, 0.05) is 24.7 Å². The smallest absolute Gasteiger partial charge is 0.358 e. The summed E-state index contributed by atoms with van der Waals surface area (Å²) in [5.41, 5.74) is 1.23. The van der Waals surface area contributed by atoms with Crippen LogP contribution in [0, 0.1) is 10.1 Å². The molecular formula is C14H15N5O4. The number of aromatic nitrogens is 2. The van der Waals surface area contributed by atoms with Crippen LogP contribution in [0.3, 0.4) is 0 Å². The molecule has 9 heteroatoms. The van der Waals surface area contributed by atoms with E-state index in [1.807, 2.05) is 0 Å². The van der Waals surface area contributed by atoms with Crippen molar-refractivity contribution < 1.29 is 14.5 Å². The van der Waals surface area contributed by atoms with Gasteiger partial charge in [0.2, 0.25) is 11.8 Å². The molecule has 0 fully saturated rings. The van der Waals surface area contributed by atoms with Crippen LogP contribution in [-0.4, -0.2) is 26.5 Å². The lowest BCUT2D eigenvalue weighted by Crippen LogP contribution is -2.15. The lowest BCUT2D eigenvalue weighted by molar-refractivity contribution is -0.389. The van der Waals surface area contributed by atoms with E-state index >= 15 is 0 Å². The highest BCUT2D eigenvalue weighted by Crippen LogP contribution is 2.14. The molecule has 9 nitrogen and oxygen atoms in total. The van der Waals surface area contributed by atoms with Crippen molar-refractivity contribution in [3.05, 3.63) is 46.6 Å². The second-order valence-corrected chi connectivity index (χ2v) is 4.75. The molecule has 0 unspecified atom stereocenters. The number of aryl methyl sites for hydroxylation is 1. The summed E-state index contributed by atoms with van der Waals surface area (Å²) in [6, 6.07) is 7.96. The van der Waals surface area contributed by atoms with E-state index in [9.17, 15) is 19.7 Å². The van der Waals surface area contributed by atoms with E-state index in [0.29, 0.717) is 11.4 Å². The SMILES string of the molecule is CC(=O)Nc1ccc(NC(=O)CCn2ccc([N+](=O)[O-])n2)cc1. The number of rotatable bonds is 6. The van der Waals surface area contributed by atoms with Gasteiger partial charge in [-0.2, -0.15) is 4.68 Å². The Hall–Kier alpha value is -3.23. The normalized spacial score (nSPS) is 10.1. The van der Waals surface area contributed by atoms with Gasteiger partial charge < -0.3 is 20.7 Å². The molecular weight excluding hydrogens is 302 g/mol. The Morgan fingerprint density at radius 2 is 1.78 bits per heavy atom. The van der Waals surface area contributed by atoms with Gasteiger partial charge in [-0.3, -0.25) is 9.59 Å². The lowest BCUT2D eigenvalue weighted by Gasteiger charge is -2.06. The van der Waals surface area contributed by atoms with Crippen LogP contribution < -0.4 is 10.6 Å². The molecule has 0 aliphatic carbocycles. The molecule has 0 spiro atoms. The van der Waals surface area contributed by atoms with Crippen molar-refractivity contribution in [2.24, 2.45) is 0 Å². The summed E-state index contributed by atoms with van der Waals surface area (Å²) in [6.45, 7) is 1.65. The fourth-order valence-electron chi connectivity index (χ4n) is 1.85. The zero-order valence-electron chi connectivity index (χ0n) is 12.4. The second kappa shape index (κ2) is 7.16. The van der Waals surface area contributed by atoms with E-state index in [1.54, 1.807) is 24.3 Å². The van der Waals surface area contributed by atoms with Gasteiger partial charge in [0.1, 0.15) is 0 Å². The molecule has 0 atom stereocenters. The minimum absolute atomic E-state index is 0.131. The molecule has 1 heterocycles. The number of anilines is 2. The van der Waals surface area contributed by atoms with Crippen LogP contribution in [-0.2, 0) is 16.1 Å². The number of carbonyl (C=O) groups is 2. The fraction of sp³-hybridized carbons (Fsp3) is 0.214. The lowest BCUT2D eigenvalue weighted by atomic mass is 10.2. The van der Waals surface area contributed by atoms with Gasteiger partial charge in [-0.25, -0.2) is 0 Å². The zero-order valence-corrected chi connectivity index (χ0v) is 12.4. The number of benzene rings is 1. The summed E-state index contributed by atoms with van der Waals surface area (Å²) in [4.78, 5) is 32.7. The molecule has 120 valence electrons. The second-order valence-electron chi connectivity index (χ2n) is 4.75. The maximum Gasteiger partial charge on any atom is 0.389 e. The summed E-state index contributed by atoms with van der Waals surface area (Å²) in [6.07, 6.45) is 1.58. The number of hydrogen-bond donors (Lipinski definition) is 2. The maximum absolute atomic E-state index is 11.8. The number of nitro groups is 1. The van der Waals surface area contributed by atoms with Crippen LogP contribution in [0.4, 0.5) is 17.2 Å². The fourth-order valence-corrected chi connectivity index (χ4v) is 1.85. The molecule has 2 rings (SSSR count). The molecule has 2 aromatic rings. The van der Waals surface area contributed by atoms with E-state index in [4.69, 9.17) is 0 Å². The Balaban J connectivity index is 1.84. The minimum atomic E-state index is -0.590. The van der Waals surface area contributed by atoms with Crippen LogP contribution in [0.25, 0.3) is 0 Å². The van der Waals surface area contributed by atoms with E-state index < -0.39 is 4.92 Å². The Kier molecular flexibility index (Phi) is 5.03. The number of amides is 2. The van der Waals surface area contributed by atoms with Crippen LogP contribution >= 0.6 is 0 Å². The van der Waals surface area contributed by atoms with Gasteiger partial charge in [0.25, 0.3) is 0 Å². The Morgan fingerprint density at radius 1 is 1.17 bits per heavy atom. The highest BCUT2D eigenvalue weighted by Gasteiger charge is 2.11. The molecule has 1 aromatic heterocycles. The summed E-state index contributed by atoms with van der Waals surface area (Å²) in [5.74, 6) is -0.662. The van der Waals surface area contributed by atoms with Gasteiger partial charge >= 0.3 is 5.82 Å². The third kappa shape index (κ3) is 4.92. The van der Waals surface area contributed by atoms with E-state index in [-0.39, 0.29) is 30.6 Å². The van der Waals surface area contributed by atoms with E-state index in [2.05, 4.69) is 15.7 Å². The molecule has 0 bridgehead atoms. The standard InChI is InChI=1S/C14H15N5O4/c1-10(20)15-11-2-4-12(5-3-11)16-14(21)7-9-18-8-6-13(17-18)19(22)23/h2-6,8H,7,9H2,1H3,(H,15,20)(H,16,21). The van der Waals surface area contributed by atoms with Crippen molar-refractivity contribution in [3.8, 4) is 0 Å². The van der Waals surface area contributed by atoms with Crippen LogP contribution in [0.1, 0.15) is 13.3 Å². The molecule has 1 aromatic carbocycles. The Bertz CT molecular complexity index is 723. The molecule has 2 amide bonds. The summed E-state index contributed by atoms with van der Waals surface area (Å²) >= 11 is 0. The third-order valence-corrected chi connectivity index (χ3v) is 2.87. The summed E-state index contributed by atoms with van der Waals surface area (Å²) in [5, 5.41) is 19.6. The number of nitrogens with zero attached hydrogens (tertiary/aromatic N) is 3. The topological polar surface area (TPSA) is 119 Å². The van der Waals surface area contributed by atoms with Crippen molar-refractivity contribution in [2.75, 3.05) is 10.6 Å². The third-order valence-electron chi connectivity index (χ3n) is 2.87. The number of nitrogens with one attached hydrogen (secondary N) is 2. The maximum atomic E-state index is 11.8. The highest BCUT2D eigenvalue weighted by molar-refractivity contribution is 5.92. The van der Waals surface area contributed by atoms with Gasteiger partial charge in [-0.1, -0.05) is 0 Å². The molecule has 0 radical (unpaired) electrons. The van der Waals surface area contributed by atoms with E-state index in [0.717, 1.165) is 0 Å². The van der Waals surface area contributed by atoms with Crippen LogP contribution in [0.15, 0.2) is 36.5 Å². The summed E-state index contributed by atoms with van der Waals surface area (Å²) in [7, 11) is 0. The predicted molar refractivity (Wildman–Crippen MR) is 82.9 cm³/mol. The molecule has 0 aliphatic rings. The van der Waals surface area contributed by atoms with Crippen molar-refractivity contribution in [2.45, 2.75) is 19.9 Å². The van der Waals surface area contributed by atoms with Gasteiger partial charge in [0.15, 0.2) is 0 Å². The Morgan fingerprint density at radius 3 is 2.30 bits per heavy atom. The minimum Gasteiger partial charge on any atom is -0.358 e. The first-order valence-electron chi connectivity index (χ1n) is 6.79. The van der Waals surface area contributed by atoms with Crippen molar-refractivity contribution in [3.63, 3.8) is 0 Å². The molecule has 0 saturated carbocycles. The van der Waals surface area contributed by atoms with Gasteiger partial charge in [-0.15, -0.1) is 0 Å². The molecule has 0 aliphatic heterocycles. The van der Waals surface area contributed by atoms with Gasteiger partial charge in [0.05, 0.1) is 23.9 Å². The molecule has 23 heavy (non-hydrogen) atoms.